The highest BCUT2D eigenvalue weighted by atomic mass is 16.6. The minimum absolute atomic E-state index is 0.00306. The van der Waals surface area contributed by atoms with E-state index in [9.17, 15) is 20.4 Å². The summed E-state index contributed by atoms with van der Waals surface area (Å²) in [5.74, 6) is 1.48. The predicted octanol–water partition coefficient (Wildman–Crippen LogP) is -2.43. The van der Waals surface area contributed by atoms with Crippen LogP contribution in [0.1, 0.15) is 11.8 Å². The van der Waals surface area contributed by atoms with Crippen molar-refractivity contribution in [3.8, 4) is 18.2 Å². The molecule has 0 bridgehead atoms. The summed E-state index contributed by atoms with van der Waals surface area (Å²) in [6.45, 7) is -0.683. The molecule has 0 radical (unpaired) electrons. The summed E-state index contributed by atoms with van der Waals surface area (Å²) in [7, 11) is 0. The summed E-state index contributed by atoms with van der Waals surface area (Å²) < 4.78 is 6.60. The molecule has 10 heteroatoms. The van der Waals surface area contributed by atoms with Gasteiger partial charge in [-0.15, -0.1) is 11.5 Å². The van der Waals surface area contributed by atoms with E-state index in [-0.39, 0.29) is 17.3 Å². The zero-order chi connectivity index (χ0) is 16.1. The number of rotatable bonds is 2. The van der Waals surface area contributed by atoms with Crippen LogP contribution in [0.2, 0.25) is 0 Å². The van der Waals surface area contributed by atoms with Crippen LogP contribution < -0.4 is 5.73 Å². The van der Waals surface area contributed by atoms with E-state index in [4.69, 9.17) is 16.9 Å². The Balaban J connectivity index is 2.11. The molecule has 1 saturated heterocycles. The average molecular weight is 307 g/mol. The van der Waals surface area contributed by atoms with Gasteiger partial charge in [-0.2, -0.15) is 4.98 Å². The summed E-state index contributed by atoms with van der Waals surface area (Å²) >= 11 is 0. The molecule has 3 rings (SSSR count). The smallest absolute Gasteiger partial charge is 0.260 e. The van der Waals surface area contributed by atoms with Crippen molar-refractivity contribution in [3.63, 3.8) is 0 Å². The second kappa shape index (κ2) is 4.79. The second-order valence-electron chi connectivity index (χ2n) is 4.88. The Hall–Kier alpha value is -2.45. The van der Waals surface area contributed by atoms with Crippen molar-refractivity contribution < 1.29 is 25.2 Å². The second-order valence-corrected chi connectivity index (χ2v) is 4.88. The number of hydrogen-bond donors (Lipinski definition) is 5. The Kier molecular flexibility index (Phi) is 3.15. The first-order valence-electron chi connectivity index (χ1n) is 6.26. The van der Waals surface area contributed by atoms with E-state index >= 15 is 0 Å². The molecule has 0 amide bonds. The van der Waals surface area contributed by atoms with Crippen LogP contribution in [-0.4, -0.2) is 64.4 Å². The molecular formula is C12H13N5O5. The maximum atomic E-state index is 10.2. The molecule has 0 aromatic carbocycles. The van der Waals surface area contributed by atoms with E-state index < -0.39 is 36.4 Å². The van der Waals surface area contributed by atoms with Crippen LogP contribution in [0.5, 0.6) is 5.88 Å². The third kappa shape index (κ3) is 1.81. The van der Waals surface area contributed by atoms with Gasteiger partial charge in [0.2, 0.25) is 11.6 Å². The van der Waals surface area contributed by atoms with Crippen LogP contribution in [0.4, 0.5) is 5.95 Å². The van der Waals surface area contributed by atoms with Crippen molar-refractivity contribution in [1.82, 2.24) is 19.6 Å². The van der Waals surface area contributed by atoms with Gasteiger partial charge >= 0.3 is 0 Å². The number of nitrogen functional groups attached to an aromatic ring is 1. The summed E-state index contributed by atoms with van der Waals surface area (Å²) in [6, 6.07) is 0. The fourth-order valence-electron chi connectivity index (χ4n) is 2.43. The van der Waals surface area contributed by atoms with Gasteiger partial charge in [0.05, 0.1) is 18.5 Å². The highest BCUT2D eigenvalue weighted by Crippen LogP contribution is 2.40. The van der Waals surface area contributed by atoms with E-state index in [1.54, 1.807) is 0 Å². The van der Waals surface area contributed by atoms with Crippen molar-refractivity contribution in [3.05, 3.63) is 11.9 Å². The number of aliphatic hydroxyl groups excluding tert-OH is 3. The van der Waals surface area contributed by atoms with Gasteiger partial charge in [-0.3, -0.25) is 0 Å². The SMILES string of the molecule is C#C[C@]1(CO)O[C@@H](c2cnc3c(O)nc(N)nn23)C(O)C1O. The molecule has 1 aliphatic heterocycles. The molecule has 10 nitrogen and oxygen atoms in total. The number of aromatic nitrogens is 4. The quantitative estimate of drug-likeness (QED) is 0.380. The predicted molar refractivity (Wildman–Crippen MR) is 71.3 cm³/mol. The monoisotopic (exact) mass is 307 g/mol. The maximum absolute atomic E-state index is 10.2. The van der Waals surface area contributed by atoms with E-state index in [0.29, 0.717) is 0 Å². The third-order valence-electron chi connectivity index (χ3n) is 3.61. The first kappa shape index (κ1) is 14.5. The fourth-order valence-corrected chi connectivity index (χ4v) is 2.43. The van der Waals surface area contributed by atoms with E-state index in [1.807, 2.05) is 0 Å². The molecule has 4 atom stereocenters. The maximum Gasteiger partial charge on any atom is 0.260 e. The van der Waals surface area contributed by atoms with Gasteiger partial charge in [-0.1, -0.05) is 5.92 Å². The highest BCUT2D eigenvalue weighted by Gasteiger charge is 2.54. The number of anilines is 1. The number of terminal acetylenes is 1. The van der Waals surface area contributed by atoms with Crippen molar-refractivity contribution in [2.75, 3.05) is 12.3 Å². The molecule has 2 aromatic rings. The van der Waals surface area contributed by atoms with Crippen molar-refractivity contribution in [1.29, 1.82) is 0 Å². The molecule has 2 aromatic heterocycles. The van der Waals surface area contributed by atoms with Crippen LogP contribution in [0.25, 0.3) is 5.65 Å². The van der Waals surface area contributed by atoms with Gasteiger partial charge in [0.25, 0.3) is 5.88 Å². The number of aliphatic hydroxyl groups is 3. The lowest BCUT2D eigenvalue weighted by molar-refractivity contribution is -0.0732. The summed E-state index contributed by atoms with van der Waals surface area (Å²) in [6.07, 6.45) is 2.50. The van der Waals surface area contributed by atoms with Crippen molar-refractivity contribution >= 4 is 11.6 Å². The topological polar surface area (TPSA) is 159 Å². The Bertz CT molecular complexity index is 771. The number of imidazole rings is 1. The molecule has 6 N–H and O–H groups in total. The van der Waals surface area contributed by atoms with Gasteiger partial charge in [-0.25, -0.2) is 9.50 Å². The average Bonchev–Trinajstić information content (AvgIpc) is 3.01. The molecular weight excluding hydrogens is 294 g/mol. The van der Waals surface area contributed by atoms with Crippen LogP contribution >= 0.6 is 0 Å². The summed E-state index contributed by atoms with van der Waals surface area (Å²) in [5.41, 5.74) is 3.91. The van der Waals surface area contributed by atoms with Gasteiger partial charge in [-0.05, 0) is 0 Å². The Morgan fingerprint density at radius 2 is 2.23 bits per heavy atom. The van der Waals surface area contributed by atoms with Crippen LogP contribution in [0.3, 0.4) is 0 Å². The largest absolute Gasteiger partial charge is 0.491 e. The van der Waals surface area contributed by atoms with Gasteiger partial charge in [0.15, 0.2) is 5.60 Å². The molecule has 0 aliphatic carbocycles. The van der Waals surface area contributed by atoms with Crippen molar-refractivity contribution in [2.24, 2.45) is 0 Å². The number of nitrogens with two attached hydrogens (primary N) is 1. The number of ether oxygens (including phenoxy) is 1. The lowest BCUT2D eigenvalue weighted by Gasteiger charge is -2.23. The Morgan fingerprint density at radius 3 is 2.82 bits per heavy atom. The van der Waals surface area contributed by atoms with E-state index in [0.717, 1.165) is 4.52 Å². The molecule has 22 heavy (non-hydrogen) atoms. The number of hydrogen-bond acceptors (Lipinski definition) is 9. The number of fused-ring (bicyclic) bond motifs is 1. The molecule has 2 unspecified atom stereocenters. The lowest BCUT2D eigenvalue weighted by Crippen LogP contribution is -2.44. The Morgan fingerprint density at radius 1 is 1.50 bits per heavy atom. The standard InChI is InChI=1S/C12H13N5O5/c1-2-12(4-18)8(20)6(19)7(22-12)5-3-14-9-10(21)15-11(13)16-17(5)9/h1,3,6-8,18-20H,4H2,(H3,13,15,16,21)/t6?,7-,8?,12+/m0/s1. The first-order valence-corrected chi connectivity index (χ1v) is 6.26. The van der Waals surface area contributed by atoms with E-state index in [1.165, 1.54) is 6.20 Å². The third-order valence-corrected chi connectivity index (χ3v) is 3.61. The minimum Gasteiger partial charge on any atom is -0.491 e. The van der Waals surface area contributed by atoms with Crippen molar-refractivity contribution in [2.45, 2.75) is 23.9 Å². The first-order chi connectivity index (χ1) is 10.4. The van der Waals surface area contributed by atoms with Gasteiger partial charge in [0.1, 0.15) is 18.3 Å². The van der Waals surface area contributed by atoms with E-state index in [2.05, 4.69) is 21.0 Å². The molecule has 116 valence electrons. The zero-order valence-electron chi connectivity index (χ0n) is 11.2. The normalized spacial score (nSPS) is 31.5. The van der Waals surface area contributed by atoms with Gasteiger partial charge < -0.3 is 30.9 Å². The highest BCUT2D eigenvalue weighted by molar-refractivity contribution is 5.50. The van der Waals surface area contributed by atoms with Crippen LogP contribution in [0.15, 0.2) is 6.20 Å². The zero-order valence-corrected chi connectivity index (χ0v) is 11.2. The number of aromatic hydroxyl groups is 1. The minimum atomic E-state index is -1.74. The molecule has 3 heterocycles. The fraction of sp³-hybridized carbons (Fsp3) is 0.417. The molecule has 0 saturated carbocycles. The molecule has 1 aliphatic rings. The Labute approximate surface area is 123 Å². The van der Waals surface area contributed by atoms with Crippen LogP contribution in [-0.2, 0) is 4.74 Å². The summed E-state index contributed by atoms with van der Waals surface area (Å²) in [4.78, 5) is 7.46. The number of nitrogens with zero attached hydrogens (tertiary/aromatic N) is 4. The van der Waals surface area contributed by atoms with Crippen LogP contribution in [0, 0.1) is 12.3 Å². The lowest BCUT2D eigenvalue weighted by atomic mass is 9.96. The van der Waals surface area contributed by atoms with Gasteiger partial charge in [0, 0.05) is 0 Å². The summed E-state index contributed by atoms with van der Waals surface area (Å²) in [5, 5.41) is 43.1. The molecule has 1 fully saturated rings. The molecule has 0 spiro atoms.